The van der Waals surface area contributed by atoms with E-state index in [-0.39, 0.29) is 11.5 Å². The predicted octanol–water partition coefficient (Wildman–Crippen LogP) is 0.703. The number of aromatic nitrogens is 1. The molecular formula is C16H21N3O3S. The van der Waals surface area contributed by atoms with E-state index in [1.165, 1.54) is 7.11 Å². The van der Waals surface area contributed by atoms with Crippen LogP contribution in [-0.4, -0.2) is 46.8 Å². The zero-order chi connectivity index (χ0) is 16.6. The number of ether oxygens (including phenoxy) is 1. The van der Waals surface area contributed by atoms with E-state index in [9.17, 15) is 9.59 Å². The number of rotatable bonds is 2. The molecule has 1 aromatic heterocycles. The third-order valence-corrected chi connectivity index (χ3v) is 5.04. The van der Waals surface area contributed by atoms with Gasteiger partial charge < -0.3 is 19.5 Å². The van der Waals surface area contributed by atoms with Gasteiger partial charge in [-0.1, -0.05) is 6.07 Å². The first-order valence-corrected chi connectivity index (χ1v) is 8.23. The average Bonchev–Trinajstić information content (AvgIpc) is 2.54. The standard InChI is InChI=1S/C16H21N3O3S/c1-10(15(21)22-2)17-16(23)18-7-11-6-12(9-18)13-4-3-5-14(20)19(13)8-11/h3-5,10-12H,6-9H2,1-2H3,(H,17,23)/t10?,11-,12+/m1/s1. The van der Waals surface area contributed by atoms with E-state index >= 15 is 0 Å². The predicted molar refractivity (Wildman–Crippen MR) is 90.3 cm³/mol. The molecule has 0 aliphatic carbocycles. The van der Waals surface area contributed by atoms with Crippen LogP contribution < -0.4 is 10.9 Å². The summed E-state index contributed by atoms with van der Waals surface area (Å²) in [6.45, 7) is 4.03. The highest BCUT2D eigenvalue weighted by Gasteiger charge is 2.35. The lowest BCUT2D eigenvalue weighted by molar-refractivity contribution is -0.142. The number of carbonyl (C=O) groups excluding carboxylic acids is 1. The van der Waals surface area contributed by atoms with Gasteiger partial charge in [0.15, 0.2) is 5.11 Å². The molecule has 0 aromatic carbocycles. The van der Waals surface area contributed by atoms with Gasteiger partial charge in [0.2, 0.25) is 0 Å². The van der Waals surface area contributed by atoms with E-state index in [1.54, 1.807) is 13.0 Å². The van der Waals surface area contributed by atoms with E-state index in [2.05, 4.69) is 10.2 Å². The molecule has 1 aromatic rings. The monoisotopic (exact) mass is 335 g/mol. The molecule has 23 heavy (non-hydrogen) atoms. The van der Waals surface area contributed by atoms with Crippen LogP contribution in [0.25, 0.3) is 0 Å². The van der Waals surface area contributed by atoms with Gasteiger partial charge in [-0.3, -0.25) is 4.79 Å². The van der Waals surface area contributed by atoms with E-state index in [4.69, 9.17) is 17.0 Å². The number of carbonyl (C=O) groups is 1. The highest BCUT2D eigenvalue weighted by Crippen LogP contribution is 2.34. The van der Waals surface area contributed by atoms with Crippen molar-refractivity contribution in [3.05, 3.63) is 34.2 Å². The number of nitrogens with one attached hydrogen (secondary N) is 1. The van der Waals surface area contributed by atoms with Crippen LogP contribution in [0.2, 0.25) is 0 Å². The second-order valence-electron chi connectivity index (χ2n) is 6.30. The van der Waals surface area contributed by atoms with Gasteiger partial charge in [0.05, 0.1) is 7.11 Å². The number of thiocarbonyl (C=S) groups is 1. The third kappa shape index (κ3) is 3.10. The number of fused-ring (bicyclic) bond motifs is 4. The molecule has 2 aliphatic heterocycles. The second-order valence-corrected chi connectivity index (χ2v) is 6.68. The summed E-state index contributed by atoms with van der Waals surface area (Å²) in [6, 6.07) is 5.00. The van der Waals surface area contributed by atoms with Crippen LogP contribution in [-0.2, 0) is 16.1 Å². The number of esters is 1. The number of nitrogens with zero attached hydrogens (tertiary/aromatic N) is 2. The van der Waals surface area contributed by atoms with E-state index in [0.29, 0.717) is 16.9 Å². The molecule has 0 saturated carbocycles. The van der Waals surface area contributed by atoms with Crippen molar-refractivity contribution in [1.82, 2.24) is 14.8 Å². The van der Waals surface area contributed by atoms with E-state index in [1.807, 2.05) is 16.7 Å². The number of pyridine rings is 1. The van der Waals surface area contributed by atoms with Gasteiger partial charge in [0, 0.05) is 37.3 Å². The van der Waals surface area contributed by atoms with Crippen molar-refractivity contribution >= 4 is 23.3 Å². The average molecular weight is 335 g/mol. The van der Waals surface area contributed by atoms with Crippen molar-refractivity contribution in [3.63, 3.8) is 0 Å². The lowest BCUT2D eigenvalue weighted by Gasteiger charge is -2.43. The fourth-order valence-corrected chi connectivity index (χ4v) is 3.90. The molecule has 7 heteroatoms. The molecule has 2 bridgehead atoms. The zero-order valence-corrected chi connectivity index (χ0v) is 14.1. The molecule has 3 atom stereocenters. The van der Waals surface area contributed by atoms with Gasteiger partial charge >= 0.3 is 5.97 Å². The maximum absolute atomic E-state index is 12.0. The molecule has 1 N–H and O–H groups in total. The molecule has 1 unspecified atom stereocenters. The summed E-state index contributed by atoms with van der Waals surface area (Å²) in [5, 5.41) is 3.61. The van der Waals surface area contributed by atoms with Crippen LogP contribution in [0.5, 0.6) is 0 Å². The van der Waals surface area contributed by atoms with Gasteiger partial charge in [0.25, 0.3) is 5.56 Å². The summed E-state index contributed by atoms with van der Waals surface area (Å²) in [5.74, 6) is 0.362. The lowest BCUT2D eigenvalue weighted by Crippen LogP contribution is -2.54. The molecule has 0 spiro atoms. The van der Waals surface area contributed by atoms with Crippen molar-refractivity contribution in [1.29, 1.82) is 0 Å². The first-order chi connectivity index (χ1) is 11.0. The molecule has 2 aliphatic rings. The van der Waals surface area contributed by atoms with E-state index < -0.39 is 6.04 Å². The molecule has 3 rings (SSSR count). The summed E-state index contributed by atoms with van der Waals surface area (Å²) in [6.07, 6.45) is 1.08. The quantitative estimate of drug-likeness (QED) is 0.634. The Balaban J connectivity index is 1.74. The van der Waals surface area contributed by atoms with Crippen LogP contribution >= 0.6 is 12.2 Å². The van der Waals surface area contributed by atoms with Gasteiger partial charge in [0.1, 0.15) is 6.04 Å². The molecule has 1 saturated heterocycles. The Morgan fingerprint density at radius 2 is 2.17 bits per heavy atom. The zero-order valence-electron chi connectivity index (χ0n) is 13.3. The summed E-state index contributed by atoms with van der Waals surface area (Å²) >= 11 is 5.46. The number of piperidine rings is 1. The Hall–Kier alpha value is -1.89. The number of hydrogen-bond donors (Lipinski definition) is 1. The molecular weight excluding hydrogens is 314 g/mol. The number of likely N-dealkylation sites (tertiary alicyclic amines) is 1. The summed E-state index contributed by atoms with van der Waals surface area (Å²) < 4.78 is 6.61. The maximum atomic E-state index is 12.0. The van der Waals surface area contributed by atoms with Gasteiger partial charge in [-0.2, -0.15) is 0 Å². The third-order valence-electron chi connectivity index (χ3n) is 4.66. The van der Waals surface area contributed by atoms with Crippen molar-refractivity contribution in [2.75, 3.05) is 20.2 Å². The molecule has 124 valence electrons. The minimum absolute atomic E-state index is 0.0747. The van der Waals surface area contributed by atoms with Crippen molar-refractivity contribution in [2.24, 2.45) is 5.92 Å². The minimum atomic E-state index is -0.468. The van der Waals surface area contributed by atoms with Crippen molar-refractivity contribution < 1.29 is 9.53 Å². The van der Waals surface area contributed by atoms with Gasteiger partial charge in [-0.25, -0.2) is 4.79 Å². The Labute approximate surface area is 140 Å². The summed E-state index contributed by atoms with van der Waals surface area (Å²) in [7, 11) is 1.36. The smallest absolute Gasteiger partial charge is 0.328 e. The highest BCUT2D eigenvalue weighted by atomic mass is 32.1. The highest BCUT2D eigenvalue weighted by molar-refractivity contribution is 7.80. The summed E-state index contributed by atoms with van der Waals surface area (Å²) in [4.78, 5) is 25.7. The number of methoxy groups -OCH3 is 1. The molecule has 0 amide bonds. The van der Waals surface area contributed by atoms with Crippen LogP contribution in [0.3, 0.4) is 0 Å². The first kappa shape index (κ1) is 16.0. The Morgan fingerprint density at radius 3 is 2.91 bits per heavy atom. The van der Waals surface area contributed by atoms with Crippen LogP contribution in [0.1, 0.15) is 25.0 Å². The Morgan fingerprint density at radius 1 is 1.39 bits per heavy atom. The lowest BCUT2D eigenvalue weighted by atomic mass is 9.83. The Bertz CT molecular complexity index is 687. The molecule has 0 radical (unpaired) electrons. The topological polar surface area (TPSA) is 63.6 Å². The van der Waals surface area contributed by atoms with Gasteiger partial charge in [-0.15, -0.1) is 0 Å². The van der Waals surface area contributed by atoms with Crippen LogP contribution in [0, 0.1) is 5.92 Å². The SMILES string of the molecule is COC(=O)C(C)NC(=S)N1C[C@H]2C[C@@H](C1)c1cccc(=O)n1C2. The van der Waals surface area contributed by atoms with Gasteiger partial charge in [-0.05, 0) is 37.5 Å². The fourth-order valence-electron chi connectivity index (χ4n) is 3.57. The normalized spacial score (nSPS) is 23.7. The number of hydrogen-bond acceptors (Lipinski definition) is 4. The fraction of sp³-hybridized carbons (Fsp3) is 0.562. The van der Waals surface area contributed by atoms with Crippen molar-refractivity contribution in [2.45, 2.75) is 31.8 Å². The minimum Gasteiger partial charge on any atom is -0.467 e. The second kappa shape index (κ2) is 6.31. The summed E-state index contributed by atoms with van der Waals surface area (Å²) in [5.41, 5.74) is 1.16. The van der Waals surface area contributed by atoms with E-state index in [0.717, 1.165) is 31.7 Å². The van der Waals surface area contributed by atoms with Crippen LogP contribution in [0.4, 0.5) is 0 Å². The van der Waals surface area contributed by atoms with Crippen LogP contribution in [0.15, 0.2) is 23.0 Å². The first-order valence-electron chi connectivity index (χ1n) is 7.82. The van der Waals surface area contributed by atoms with Crippen molar-refractivity contribution in [3.8, 4) is 0 Å². The maximum Gasteiger partial charge on any atom is 0.328 e. The largest absolute Gasteiger partial charge is 0.467 e. The molecule has 3 heterocycles. The molecule has 6 nitrogen and oxygen atoms in total. The molecule has 1 fully saturated rings. The Kier molecular flexibility index (Phi) is 4.39.